The monoisotopic (exact) mass is 306 g/mol. The lowest BCUT2D eigenvalue weighted by molar-refractivity contribution is 0.589. The van der Waals surface area contributed by atoms with Crippen LogP contribution in [0.1, 0.15) is 0 Å². The molecule has 1 aromatic carbocycles. The Labute approximate surface area is 127 Å². The first-order chi connectivity index (χ1) is 10.1. The molecule has 3 rings (SSSR count). The zero-order valence-electron chi connectivity index (χ0n) is 11.5. The lowest BCUT2D eigenvalue weighted by atomic mass is 10.2. The second kappa shape index (κ2) is 5.77. The highest BCUT2D eigenvalue weighted by atomic mass is 35.5. The molecule has 0 bridgehead atoms. The van der Waals surface area contributed by atoms with Gasteiger partial charge in [0, 0.05) is 43.8 Å². The first-order valence-electron chi connectivity index (χ1n) is 6.80. The van der Waals surface area contributed by atoms with E-state index in [1.807, 2.05) is 29.2 Å². The van der Waals surface area contributed by atoms with E-state index in [0.717, 1.165) is 24.5 Å². The lowest BCUT2D eigenvalue weighted by Gasteiger charge is -2.36. The number of nitrogens with zero attached hydrogens (tertiary/aromatic N) is 3. The molecule has 21 heavy (non-hydrogen) atoms. The van der Waals surface area contributed by atoms with Crippen LogP contribution in [0.3, 0.4) is 0 Å². The van der Waals surface area contributed by atoms with Crippen molar-refractivity contribution in [1.82, 2.24) is 4.98 Å². The van der Waals surface area contributed by atoms with E-state index in [2.05, 4.69) is 9.88 Å². The zero-order chi connectivity index (χ0) is 14.8. The van der Waals surface area contributed by atoms with Crippen LogP contribution in [0.25, 0.3) is 0 Å². The van der Waals surface area contributed by atoms with E-state index >= 15 is 0 Å². The van der Waals surface area contributed by atoms with Crippen molar-refractivity contribution in [2.24, 2.45) is 0 Å². The third-order valence-corrected chi connectivity index (χ3v) is 3.81. The Balaban J connectivity index is 1.70. The lowest BCUT2D eigenvalue weighted by Crippen LogP contribution is -2.47. The summed E-state index contributed by atoms with van der Waals surface area (Å²) >= 11 is 5.73. The molecule has 0 aliphatic carbocycles. The number of hydrogen-bond acceptors (Lipinski definition) is 4. The molecule has 0 radical (unpaired) electrons. The van der Waals surface area contributed by atoms with Gasteiger partial charge < -0.3 is 15.5 Å². The highest BCUT2D eigenvalue weighted by Crippen LogP contribution is 2.23. The van der Waals surface area contributed by atoms with E-state index in [0.29, 0.717) is 23.9 Å². The molecule has 1 aliphatic heterocycles. The molecule has 0 saturated carbocycles. The Kier molecular flexibility index (Phi) is 3.84. The summed E-state index contributed by atoms with van der Waals surface area (Å²) in [7, 11) is 0. The van der Waals surface area contributed by atoms with E-state index in [1.165, 1.54) is 12.3 Å². The molecule has 0 spiro atoms. The van der Waals surface area contributed by atoms with Crippen LogP contribution in [-0.4, -0.2) is 31.2 Å². The summed E-state index contributed by atoms with van der Waals surface area (Å²) in [6.45, 7) is 3.01. The van der Waals surface area contributed by atoms with E-state index in [4.69, 9.17) is 17.3 Å². The predicted octanol–water partition coefficient (Wildman–Crippen LogP) is 2.78. The molecular formula is C15H16ClFN4. The zero-order valence-corrected chi connectivity index (χ0v) is 12.2. The van der Waals surface area contributed by atoms with Gasteiger partial charge >= 0.3 is 0 Å². The normalized spacial score (nSPS) is 15.3. The Morgan fingerprint density at radius 3 is 2.48 bits per heavy atom. The van der Waals surface area contributed by atoms with Gasteiger partial charge in [-0.05, 0) is 24.3 Å². The minimum Gasteiger partial charge on any atom is -0.399 e. The largest absolute Gasteiger partial charge is 0.399 e. The second-order valence-corrected chi connectivity index (χ2v) is 5.46. The van der Waals surface area contributed by atoms with Crippen LogP contribution in [0.15, 0.2) is 36.5 Å². The van der Waals surface area contributed by atoms with Gasteiger partial charge in [-0.15, -0.1) is 0 Å². The van der Waals surface area contributed by atoms with Gasteiger partial charge in [-0.2, -0.15) is 0 Å². The number of pyridine rings is 1. The van der Waals surface area contributed by atoms with Crippen molar-refractivity contribution >= 4 is 28.8 Å². The fourth-order valence-electron chi connectivity index (χ4n) is 2.54. The molecule has 6 heteroatoms. The number of aromatic nitrogens is 1. The topological polar surface area (TPSA) is 45.4 Å². The fourth-order valence-corrected chi connectivity index (χ4v) is 2.68. The highest BCUT2D eigenvalue weighted by molar-refractivity contribution is 6.30. The maximum absolute atomic E-state index is 13.9. The maximum atomic E-state index is 13.9. The van der Waals surface area contributed by atoms with Gasteiger partial charge in [0.25, 0.3) is 0 Å². The molecule has 1 aromatic heterocycles. The van der Waals surface area contributed by atoms with Crippen molar-refractivity contribution in [3.05, 3.63) is 47.4 Å². The van der Waals surface area contributed by atoms with Gasteiger partial charge in [-0.1, -0.05) is 17.7 Å². The van der Waals surface area contributed by atoms with Gasteiger partial charge in [0.15, 0.2) is 11.6 Å². The van der Waals surface area contributed by atoms with E-state index in [9.17, 15) is 4.39 Å². The van der Waals surface area contributed by atoms with Gasteiger partial charge in [0.05, 0.1) is 5.02 Å². The molecule has 4 nitrogen and oxygen atoms in total. The van der Waals surface area contributed by atoms with Gasteiger partial charge in [-0.25, -0.2) is 9.37 Å². The van der Waals surface area contributed by atoms with E-state index in [-0.39, 0.29) is 5.82 Å². The quantitative estimate of drug-likeness (QED) is 0.867. The summed E-state index contributed by atoms with van der Waals surface area (Å²) < 4.78 is 13.9. The minimum absolute atomic E-state index is 0.314. The van der Waals surface area contributed by atoms with Crippen LogP contribution in [0.4, 0.5) is 21.6 Å². The summed E-state index contributed by atoms with van der Waals surface area (Å²) in [6, 6.07) is 9.10. The van der Waals surface area contributed by atoms with E-state index in [1.54, 1.807) is 0 Å². The maximum Gasteiger partial charge on any atom is 0.167 e. The number of piperazine rings is 1. The highest BCUT2D eigenvalue weighted by Gasteiger charge is 2.20. The number of halogens is 2. The van der Waals surface area contributed by atoms with Crippen LogP contribution in [-0.2, 0) is 0 Å². The van der Waals surface area contributed by atoms with Crippen molar-refractivity contribution in [2.75, 3.05) is 41.7 Å². The standard InChI is InChI=1S/C15H16ClFN4/c16-11-8-14(17)15(19-10-11)21-6-4-20(5-7-21)13-3-1-2-12(18)9-13/h1-3,8-10H,4-7,18H2. The average molecular weight is 307 g/mol. The first-order valence-corrected chi connectivity index (χ1v) is 7.18. The van der Waals surface area contributed by atoms with Gasteiger partial charge in [-0.3, -0.25) is 0 Å². The molecule has 0 unspecified atom stereocenters. The van der Waals surface area contributed by atoms with Crippen molar-refractivity contribution in [2.45, 2.75) is 0 Å². The summed E-state index contributed by atoms with van der Waals surface area (Å²) in [5.41, 5.74) is 7.66. The van der Waals surface area contributed by atoms with Crippen molar-refractivity contribution in [3.63, 3.8) is 0 Å². The van der Waals surface area contributed by atoms with Crippen LogP contribution < -0.4 is 15.5 Å². The predicted molar refractivity (Wildman–Crippen MR) is 84.5 cm³/mol. The number of nitrogen functional groups attached to an aromatic ring is 1. The number of rotatable bonds is 2. The smallest absolute Gasteiger partial charge is 0.167 e. The van der Waals surface area contributed by atoms with Crippen molar-refractivity contribution < 1.29 is 4.39 Å². The third-order valence-electron chi connectivity index (χ3n) is 3.60. The summed E-state index contributed by atoms with van der Waals surface area (Å²) in [5, 5.41) is 0.314. The Morgan fingerprint density at radius 2 is 1.81 bits per heavy atom. The second-order valence-electron chi connectivity index (χ2n) is 5.03. The molecular weight excluding hydrogens is 291 g/mol. The fraction of sp³-hybridized carbons (Fsp3) is 0.267. The number of benzene rings is 1. The molecule has 2 N–H and O–H groups in total. The molecule has 2 heterocycles. The molecule has 0 amide bonds. The van der Waals surface area contributed by atoms with Crippen LogP contribution in [0, 0.1) is 5.82 Å². The number of nitrogens with two attached hydrogens (primary N) is 1. The first kappa shape index (κ1) is 13.9. The molecule has 1 aliphatic rings. The number of hydrogen-bond donors (Lipinski definition) is 1. The Bertz CT molecular complexity index is 641. The summed E-state index contributed by atoms with van der Waals surface area (Å²) in [6.07, 6.45) is 1.48. The molecule has 0 atom stereocenters. The third kappa shape index (κ3) is 3.03. The summed E-state index contributed by atoms with van der Waals surface area (Å²) in [4.78, 5) is 8.27. The van der Waals surface area contributed by atoms with Crippen molar-refractivity contribution in [3.8, 4) is 0 Å². The van der Waals surface area contributed by atoms with Crippen LogP contribution >= 0.6 is 11.6 Å². The number of anilines is 3. The molecule has 1 fully saturated rings. The van der Waals surface area contributed by atoms with Crippen molar-refractivity contribution in [1.29, 1.82) is 0 Å². The molecule has 110 valence electrons. The Hall–Kier alpha value is -2.01. The van der Waals surface area contributed by atoms with Crippen LogP contribution in [0.2, 0.25) is 5.02 Å². The molecule has 1 saturated heterocycles. The minimum atomic E-state index is -0.375. The van der Waals surface area contributed by atoms with Gasteiger partial charge in [0.2, 0.25) is 0 Å². The summed E-state index contributed by atoms with van der Waals surface area (Å²) in [5.74, 6) is -0.00784. The molecule has 2 aromatic rings. The van der Waals surface area contributed by atoms with Crippen LogP contribution in [0.5, 0.6) is 0 Å². The van der Waals surface area contributed by atoms with E-state index < -0.39 is 0 Å². The average Bonchev–Trinajstić information content (AvgIpc) is 2.47. The SMILES string of the molecule is Nc1cccc(N2CCN(c3ncc(Cl)cc3F)CC2)c1. The Morgan fingerprint density at radius 1 is 1.10 bits per heavy atom. The van der Waals surface area contributed by atoms with Gasteiger partial charge in [0.1, 0.15) is 0 Å².